The molecule has 0 radical (unpaired) electrons. The monoisotopic (exact) mass is 1290 g/mol. The largest absolute Gasteiger partial charge is 0.382 e. The molecule has 1 atom stereocenters. The van der Waals surface area contributed by atoms with Gasteiger partial charge in [-0.3, -0.25) is 23.5 Å². The number of fused-ring (bicyclic) bond motifs is 1. The fraction of sp³-hybridized carbons (Fsp3) is 0.806. The average Bonchev–Trinajstić information content (AvgIpc) is 1.67. The van der Waals surface area contributed by atoms with E-state index in [1.165, 1.54) is 184 Å². The number of H-pyrrole nitrogens is 1. The minimum Gasteiger partial charge on any atom is -0.382 e. The molecule has 0 aliphatic rings. The molecule has 3 rings (SSSR count). The number of amides is 2. The minimum atomic E-state index is -3.33. The number of imidazole rings is 1. The Bertz CT molecular complexity index is 2350. The lowest BCUT2D eigenvalue weighted by Gasteiger charge is -2.21. The molecule has 18 nitrogen and oxygen atoms in total. The van der Waals surface area contributed by atoms with Crippen LogP contribution < -0.4 is 43.7 Å². The summed E-state index contributed by atoms with van der Waals surface area (Å²) in [5.41, 5.74) is 13.3. The SMILES string of the molecule is CCCCCCCCCCCCCCCCOP(=O)(CCCN[C@@H](CCCCNC(=O)CNC(=O)c1ccc(Cn2c(=O)[nH]c3c(N)nc(NCCCC)nc32)cc1)C(=O)CCCCCCCCCNCCCN)OCCCCCCCCCCCCCCCC. The van der Waals surface area contributed by atoms with Crippen molar-refractivity contribution in [3.8, 4) is 0 Å². The molecular weight excluding hydrogens is 1160 g/mol. The zero-order valence-electron chi connectivity index (χ0n) is 57.9. The Morgan fingerprint density at radius 3 is 1.59 bits per heavy atom. The van der Waals surface area contributed by atoms with E-state index in [1.54, 1.807) is 24.3 Å². The summed E-state index contributed by atoms with van der Waals surface area (Å²) in [6, 6.07) is 6.50. The molecule has 10 N–H and O–H groups in total. The third-order valence-electron chi connectivity index (χ3n) is 17.5. The van der Waals surface area contributed by atoms with Gasteiger partial charge in [0.05, 0.1) is 38.5 Å². The van der Waals surface area contributed by atoms with Gasteiger partial charge >= 0.3 is 13.3 Å². The molecule has 0 saturated heterocycles. The highest BCUT2D eigenvalue weighted by molar-refractivity contribution is 7.53. The van der Waals surface area contributed by atoms with E-state index < -0.39 is 13.5 Å². The lowest BCUT2D eigenvalue weighted by atomic mass is 9.99. The van der Waals surface area contributed by atoms with Crippen LogP contribution in [0.15, 0.2) is 29.1 Å². The molecule has 522 valence electrons. The molecule has 19 heteroatoms. The van der Waals surface area contributed by atoms with E-state index in [0.29, 0.717) is 93.8 Å². The Morgan fingerprint density at radius 2 is 1.05 bits per heavy atom. The fourth-order valence-electron chi connectivity index (χ4n) is 11.7. The molecule has 0 spiro atoms. The van der Waals surface area contributed by atoms with E-state index in [9.17, 15) is 23.7 Å². The second-order valence-electron chi connectivity index (χ2n) is 25.8. The third kappa shape index (κ3) is 40.6. The number of aromatic amines is 1. The van der Waals surface area contributed by atoms with E-state index in [-0.39, 0.29) is 42.3 Å². The summed E-state index contributed by atoms with van der Waals surface area (Å²) < 4.78 is 28.3. The van der Waals surface area contributed by atoms with E-state index in [2.05, 4.69) is 62.3 Å². The molecule has 2 heterocycles. The number of nitrogens with one attached hydrogen (secondary N) is 6. The number of nitrogens with zero attached hydrogens (tertiary/aromatic N) is 3. The summed E-state index contributed by atoms with van der Waals surface area (Å²) in [6.07, 6.45) is 49.9. The van der Waals surface area contributed by atoms with Gasteiger partial charge in [0.2, 0.25) is 11.9 Å². The van der Waals surface area contributed by atoms with Crippen molar-refractivity contribution in [3.05, 3.63) is 45.9 Å². The van der Waals surface area contributed by atoms with Crippen molar-refractivity contribution in [3.63, 3.8) is 0 Å². The second-order valence-corrected chi connectivity index (χ2v) is 28.0. The number of carbonyl (C=O) groups is 3. The van der Waals surface area contributed by atoms with E-state index >= 15 is 0 Å². The zero-order valence-corrected chi connectivity index (χ0v) is 58.8. The highest BCUT2D eigenvalue weighted by Gasteiger charge is 2.25. The Kier molecular flexibility index (Phi) is 49.1. The van der Waals surface area contributed by atoms with E-state index in [1.807, 2.05) is 0 Å². The number of hydrogen-bond acceptors (Lipinski definition) is 14. The van der Waals surface area contributed by atoms with Gasteiger partial charge in [0.25, 0.3) is 5.91 Å². The van der Waals surface area contributed by atoms with Gasteiger partial charge in [-0.1, -0.05) is 238 Å². The predicted octanol–water partition coefficient (Wildman–Crippen LogP) is 16.1. The summed E-state index contributed by atoms with van der Waals surface area (Å²) in [7, 11) is -3.33. The number of nitrogen functional groups attached to an aromatic ring is 1. The van der Waals surface area contributed by atoms with Gasteiger partial charge in [-0.05, 0) is 108 Å². The number of carbonyl (C=O) groups excluding carboxylic acids is 3. The topological polar surface area (TPSA) is 263 Å². The third-order valence-corrected chi connectivity index (χ3v) is 19.5. The van der Waals surface area contributed by atoms with Crippen molar-refractivity contribution >= 4 is 48.1 Å². The lowest BCUT2D eigenvalue weighted by Crippen LogP contribution is -2.38. The molecule has 1 aromatic carbocycles. The number of unbranched alkanes of at least 4 members (excludes halogenated alkanes) is 34. The number of anilines is 2. The molecule has 0 fully saturated rings. The van der Waals surface area contributed by atoms with Gasteiger partial charge in [-0.2, -0.15) is 9.97 Å². The number of aromatic nitrogens is 4. The molecule has 0 unspecified atom stereocenters. The zero-order chi connectivity index (χ0) is 65.5. The second kappa shape index (κ2) is 55.1. The summed E-state index contributed by atoms with van der Waals surface area (Å²) >= 11 is 0. The molecule has 2 aromatic heterocycles. The van der Waals surface area contributed by atoms with Crippen LogP contribution >= 0.6 is 7.60 Å². The Hall–Kier alpha value is -4.19. The highest BCUT2D eigenvalue weighted by atomic mass is 31.2. The first-order valence-corrected chi connectivity index (χ1v) is 39.0. The molecule has 3 aromatic rings. The van der Waals surface area contributed by atoms with Gasteiger partial charge in [0.15, 0.2) is 11.5 Å². The van der Waals surface area contributed by atoms with Crippen LogP contribution in [0, 0.1) is 0 Å². The van der Waals surface area contributed by atoms with Crippen molar-refractivity contribution in [2.75, 3.05) is 76.2 Å². The molecular formula is C72H132N11O7P. The normalized spacial score (nSPS) is 12.1. The fourth-order valence-corrected chi connectivity index (χ4v) is 13.4. The Morgan fingerprint density at radius 1 is 0.560 bits per heavy atom. The molecule has 0 aliphatic heterocycles. The molecule has 0 saturated carbocycles. The van der Waals surface area contributed by atoms with Crippen molar-refractivity contribution in [2.45, 2.75) is 309 Å². The molecule has 0 bridgehead atoms. The van der Waals surface area contributed by atoms with Gasteiger partial charge in [-0.25, -0.2) is 4.79 Å². The quantitative estimate of drug-likeness (QED) is 0.0193. The predicted molar refractivity (Wildman–Crippen MR) is 381 cm³/mol. The first-order chi connectivity index (χ1) is 44.5. The molecule has 91 heavy (non-hydrogen) atoms. The van der Waals surface area contributed by atoms with Crippen LogP contribution in [0.1, 0.15) is 313 Å². The molecule has 0 aliphatic carbocycles. The van der Waals surface area contributed by atoms with Crippen LogP contribution in [0.4, 0.5) is 11.8 Å². The minimum absolute atomic E-state index is 0.181. The average molecular weight is 1290 g/mol. The highest BCUT2D eigenvalue weighted by Crippen LogP contribution is 2.49. The van der Waals surface area contributed by atoms with Crippen molar-refractivity contribution in [1.29, 1.82) is 0 Å². The lowest BCUT2D eigenvalue weighted by molar-refractivity contribution is -0.122. The molecule has 2 amide bonds. The van der Waals surface area contributed by atoms with Crippen molar-refractivity contribution < 1.29 is 28.0 Å². The van der Waals surface area contributed by atoms with Gasteiger partial charge < -0.3 is 52.1 Å². The van der Waals surface area contributed by atoms with Crippen LogP contribution in [0.25, 0.3) is 11.2 Å². The maximum atomic E-state index is 14.4. The summed E-state index contributed by atoms with van der Waals surface area (Å²) in [5.74, 6) is 0.0336. The number of benzene rings is 1. The van der Waals surface area contributed by atoms with Gasteiger partial charge in [-0.15, -0.1) is 0 Å². The smallest absolute Gasteiger partial charge is 0.330 e. The van der Waals surface area contributed by atoms with E-state index in [0.717, 1.165) is 89.4 Å². The standard InChI is InChI=1S/C72H132N11O7P/c1-4-7-10-12-14-16-18-20-22-24-26-31-35-41-57-89-91(88,90-58-42-36-32-27-25-23-21-19-17-15-13-11-8-5-2)59-44-56-76-64(65(84)46-37-33-29-28-30-34-39-52-75-53-43-51-73)45-38-40-55-77-66(85)60-79-70(86)63-49-47-62(48-50-63)61-83-69-67(80-72(83)87)68(74)81-71(82-69)78-54-9-6-3/h47-50,64,75-76H,4-46,51-61,73H2,1-3H3,(H,77,85)(H,79,86)(H,80,87)(H3,74,78,81,82)/t64-/m0/s1. The number of hydrogen-bond donors (Lipinski definition) is 8. The first kappa shape index (κ1) is 81.0. The number of rotatable bonds is 65. The van der Waals surface area contributed by atoms with Crippen molar-refractivity contribution in [1.82, 2.24) is 40.8 Å². The van der Waals surface area contributed by atoms with Gasteiger partial charge in [0, 0.05) is 25.1 Å². The maximum absolute atomic E-state index is 14.4. The summed E-state index contributed by atoms with van der Waals surface area (Å²) in [4.78, 5) is 64.5. The van der Waals surface area contributed by atoms with Crippen molar-refractivity contribution in [2.24, 2.45) is 5.73 Å². The van der Waals surface area contributed by atoms with E-state index in [4.69, 9.17) is 20.5 Å². The van der Waals surface area contributed by atoms with Gasteiger partial charge in [0.1, 0.15) is 11.3 Å². The Labute approximate surface area is 551 Å². The number of ketones is 1. The Balaban J connectivity index is 1.48. The number of Topliss-reactive ketones (excluding diaryl/α,β-unsaturated/α-hetero) is 1. The van der Waals surface area contributed by atoms with Crippen LogP contribution in [0.3, 0.4) is 0 Å². The number of nitrogens with two attached hydrogens (primary N) is 2. The maximum Gasteiger partial charge on any atom is 0.330 e. The van der Waals surface area contributed by atoms with Crippen LogP contribution in [0.2, 0.25) is 0 Å². The van der Waals surface area contributed by atoms with Crippen LogP contribution in [-0.4, -0.2) is 108 Å². The summed E-state index contributed by atoms with van der Waals surface area (Å²) in [6.45, 7) is 11.9. The summed E-state index contributed by atoms with van der Waals surface area (Å²) in [5, 5.41) is 15.8. The van der Waals surface area contributed by atoms with Crippen LogP contribution in [0.5, 0.6) is 0 Å². The van der Waals surface area contributed by atoms with Crippen LogP contribution in [-0.2, 0) is 29.7 Å². The first-order valence-electron chi connectivity index (χ1n) is 37.2.